The summed E-state index contributed by atoms with van der Waals surface area (Å²) < 4.78 is 7.31. The van der Waals surface area contributed by atoms with Crippen LogP contribution in [0.3, 0.4) is 0 Å². The molecule has 1 aliphatic rings. The Morgan fingerprint density at radius 2 is 1.88 bits per heavy atom. The van der Waals surface area contributed by atoms with Gasteiger partial charge in [-0.05, 0) is 23.8 Å². The molecule has 5 nitrogen and oxygen atoms in total. The van der Waals surface area contributed by atoms with Gasteiger partial charge < -0.3 is 4.74 Å². The molecule has 0 saturated heterocycles. The summed E-state index contributed by atoms with van der Waals surface area (Å²) in [5.41, 5.74) is 5.74. The molecule has 3 heterocycles. The van der Waals surface area contributed by atoms with Gasteiger partial charge in [-0.2, -0.15) is 5.10 Å². The normalized spacial score (nSPS) is 15.3. The van der Waals surface area contributed by atoms with Gasteiger partial charge in [-0.25, -0.2) is 9.50 Å². The second-order valence-corrected chi connectivity index (χ2v) is 7.07. The van der Waals surface area contributed by atoms with Crippen LogP contribution in [0.2, 0.25) is 0 Å². The summed E-state index contributed by atoms with van der Waals surface area (Å²) in [4.78, 5) is 9.57. The zero-order valence-electron chi connectivity index (χ0n) is 14.9. The molecule has 0 fully saturated rings. The van der Waals surface area contributed by atoms with E-state index in [9.17, 15) is 0 Å². The third-order valence-electron chi connectivity index (χ3n) is 5.14. The molecule has 26 heavy (non-hydrogen) atoms. The second kappa shape index (κ2) is 5.14. The van der Waals surface area contributed by atoms with Gasteiger partial charge in [0, 0.05) is 23.4 Å². The molecule has 0 aliphatic carbocycles. The lowest BCUT2D eigenvalue weighted by molar-refractivity contribution is 0.420. The van der Waals surface area contributed by atoms with E-state index in [1.807, 2.05) is 41.2 Å². The standard InChI is InChI=1S/C21H18N4O/c1-21(2)14-7-4-5-8-15(14)23-19(21)13-11-22-20-18-16(24-25(20)12-13)9-6-10-17(18)26-3/h4-12H,1-3H3. The number of fused-ring (bicyclic) bond motifs is 4. The molecule has 0 radical (unpaired) electrons. The van der Waals surface area contributed by atoms with Gasteiger partial charge >= 0.3 is 0 Å². The molecule has 0 amide bonds. The Labute approximate surface area is 151 Å². The van der Waals surface area contributed by atoms with Crippen LogP contribution in [0, 0.1) is 0 Å². The van der Waals surface area contributed by atoms with E-state index in [-0.39, 0.29) is 5.41 Å². The zero-order chi connectivity index (χ0) is 17.9. The number of rotatable bonds is 2. The lowest BCUT2D eigenvalue weighted by Crippen LogP contribution is -2.26. The molecule has 0 unspecified atom stereocenters. The predicted molar refractivity (Wildman–Crippen MR) is 103 cm³/mol. The van der Waals surface area contributed by atoms with Crippen molar-refractivity contribution in [1.82, 2.24) is 14.6 Å². The van der Waals surface area contributed by atoms with Crippen molar-refractivity contribution >= 4 is 27.9 Å². The lowest BCUT2D eigenvalue weighted by atomic mass is 9.79. The molecule has 0 bridgehead atoms. The average molecular weight is 342 g/mol. The monoisotopic (exact) mass is 342 g/mol. The fourth-order valence-corrected chi connectivity index (χ4v) is 3.82. The molecule has 5 heteroatoms. The van der Waals surface area contributed by atoms with Crippen LogP contribution >= 0.6 is 0 Å². The lowest BCUT2D eigenvalue weighted by Gasteiger charge is -2.22. The maximum Gasteiger partial charge on any atom is 0.166 e. The number of hydrogen-bond donors (Lipinski definition) is 0. The molecule has 4 aromatic rings. The van der Waals surface area contributed by atoms with Gasteiger partial charge in [0.15, 0.2) is 5.65 Å². The van der Waals surface area contributed by atoms with Crippen LogP contribution in [0.25, 0.3) is 16.6 Å². The molecular formula is C21H18N4O. The first kappa shape index (κ1) is 15.1. The Kier molecular flexibility index (Phi) is 2.98. The number of aromatic nitrogens is 3. The minimum Gasteiger partial charge on any atom is -0.496 e. The van der Waals surface area contributed by atoms with E-state index in [4.69, 9.17) is 14.7 Å². The predicted octanol–water partition coefficient (Wildman–Crippen LogP) is 4.30. The largest absolute Gasteiger partial charge is 0.496 e. The molecule has 5 rings (SSSR count). The number of ether oxygens (including phenoxy) is 1. The van der Waals surface area contributed by atoms with Gasteiger partial charge in [-0.15, -0.1) is 0 Å². The SMILES string of the molecule is COc1cccc2nn3cc(C4=Nc5ccccc5C4(C)C)cnc3c12. The van der Waals surface area contributed by atoms with Crippen LogP contribution in [0.5, 0.6) is 5.75 Å². The Hall–Kier alpha value is -3.21. The zero-order valence-corrected chi connectivity index (χ0v) is 14.9. The summed E-state index contributed by atoms with van der Waals surface area (Å²) in [6.45, 7) is 4.40. The Bertz CT molecular complexity index is 1200. The quantitative estimate of drug-likeness (QED) is 0.546. The van der Waals surface area contributed by atoms with Crippen molar-refractivity contribution in [2.75, 3.05) is 7.11 Å². The van der Waals surface area contributed by atoms with Crippen LogP contribution in [-0.2, 0) is 5.41 Å². The first-order chi connectivity index (χ1) is 12.6. The van der Waals surface area contributed by atoms with Crippen molar-refractivity contribution in [2.45, 2.75) is 19.3 Å². The van der Waals surface area contributed by atoms with Crippen molar-refractivity contribution in [2.24, 2.45) is 4.99 Å². The highest BCUT2D eigenvalue weighted by molar-refractivity contribution is 6.12. The first-order valence-electron chi connectivity index (χ1n) is 8.60. The number of nitrogens with zero attached hydrogens (tertiary/aromatic N) is 4. The van der Waals surface area contributed by atoms with Crippen molar-refractivity contribution < 1.29 is 4.74 Å². The summed E-state index contributed by atoms with van der Waals surface area (Å²) in [6, 6.07) is 14.1. The van der Waals surface area contributed by atoms with Crippen LogP contribution in [0.15, 0.2) is 59.9 Å². The van der Waals surface area contributed by atoms with Gasteiger partial charge in [0.2, 0.25) is 0 Å². The van der Waals surface area contributed by atoms with Crippen molar-refractivity contribution in [3.05, 3.63) is 66.0 Å². The topological polar surface area (TPSA) is 51.8 Å². The molecule has 1 aliphatic heterocycles. The molecule has 0 atom stereocenters. The van der Waals surface area contributed by atoms with E-state index < -0.39 is 0 Å². The average Bonchev–Trinajstić information content (AvgIpc) is 3.16. The van der Waals surface area contributed by atoms with Crippen molar-refractivity contribution in [1.29, 1.82) is 0 Å². The first-order valence-corrected chi connectivity index (χ1v) is 8.60. The highest BCUT2D eigenvalue weighted by Crippen LogP contribution is 2.41. The van der Waals surface area contributed by atoms with Crippen LogP contribution < -0.4 is 4.74 Å². The fraction of sp³-hybridized carbons (Fsp3) is 0.190. The maximum absolute atomic E-state index is 5.48. The molecule has 0 spiro atoms. The van der Waals surface area contributed by atoms with E-state index in [0.717, 1.165) is 39.3 Å². The van der Waals surface area contributed by atoms with Crippen LogP contribution in [-0.4, -0.2) is 27.4 Å². The highest BCUT2D eigenvalue weighted by atomic mass is 16.5. The van der Waals surface area contributed by atoms with Gasteiger partial charge in [0.1, 0.15) is 5.75 Å². The smallest absolute Gasteiger partial charge is 0.166 e. The second-order valence-electron chi connectivity index (χ2n) is 7.07. The molecule has 2 aromatic heterocycles. The van der Waals surface area contributed by atoms with Crippen molar-refractivity contribution in [3.63, 3.8) is 0 Å². The molecular weight excluding hydrogens is 324 g/mol. The highest BCUT2D eigenvalue weighted by Gasteiger charge is 2.35. The van der Waals surface area contributed by atoms with Gasteiger partial charge in [-0.1, -0.05) is 38.1 Å². The number of hydrogen-bond acceptors (Lipinski definition) is 4. The van der Waals surface area contributed by atoms with Crippen LogP contribution in [0.1, 0.15) is 25.0 Å². The number of para-hydroxylation sites is 1. The summed E-state index contributed by atoms with van der Waals surface area (Å²) in [5, 5.41) is 5.60. The van der Waals surface area contributed by atoms with Crippen molar-refractivity contribution in [3.8, 4) is 5.75 Å². The van der Waals surface area contributed by atoms with Crippen LogP contribution in [0.4, 0.5) is 5.69 Å². The third kappa shape index (κ3) is 1.94. The van der Waals surface area contributed by atoms with E-state index in [1.54, 1.807) is 7.11 Å². The van der Waals surface area contributed by atoms with E-state index in [0.29, 0.717) is 0 Å². The Morgan fingerprint density at radius 1 is 1.04 bits per heavy atom. The molecule has 0 saturated carbocycles. The minimum absolute atomic E-state index is 0.170. The number of aliphatic imine (C=N–C) groups is 1. The third-order valence-corrected chi connectivity index (χ3v) is 5.14. The van der Waals surface area contributed by atoms with E-state index >= 15 is 0 Å². The summed E-state index contributed by atoms with van der Waals surface area (Å²) in [7, 11) is 1.67. The summed E-state index contributed by atoms with van der Waals surface area (Å²) >= 11 is 0. The van der Waals surface area contributed by atoms with E-state index in [1.165, 1.54) is 5.56 Å². The Morgan fingerprint density at radius 3 is 2.69 bits per heavy atom. The van der Waals surface area contributed by atoms with Gasteiger partial charge in [0.05, 0.1) is 29.4 Å². The maximum atomic E-state index is 5.48. The summed E-state index contributed by atoms with van der Waals surface area (Å²) in [6.07, 6.45) is 3.89. The molecule has 2 aromatic carbocycles. The van der Waals surface area contributed by atoms with Gasteiger partial charge in [-0.3, -0.25) is 4.99 Å². The molecule has 128 valence electrons. The molecule has 0 N–H and O–H groups in total. The summed E-state index contributed by atoms with van der Waals surface area (Å²) in [5.74, 6) is 0.781. The van der Waals surface area contributed by atoms with E-state index in [2.05, 4.69) is 37.1 Å². The fourth-order valence-electron chi connectivity index (χ4n) is 3.82. The minimum atomic E-state index is -0.170. The Balaban J connectivity index is 1.71. The van der Waals surface area contributed by atoms with Gasteiger partial charge in [0.25, 0.3) is 0 Å². The number of methoxy groups -OCH3 is 1. The number of benzene rings is 2.